The van der Waals surface area contributed by atoms with E-state index in [-0.39, 0.29) is 0 Å². The van der Waals surface area contributed by atoms with Crippen molar-refractivity contribution < 1.29 is 0 Å². The van der Waals surface area contributed by atoms with Gasteiger partial charge in [0, 0.05) is 47.1 Å². The van der Waals surface area contributed by atoms with Crippen LogP contribution in [0.2, 0.25) is 0 Å². The number of guanidine groups is 1. The standard InChI is InChI=1S/C11H21N5/c1-10-12-6-8-16(10)9-7-13-11(14(2)3)15(4)5/h6,8H,7,9H2,1-5H3. The molecule has 0 aliphatic carbocycles. The summed E-state index contributed by atoms with van der Waals surface area (Å²) in [5.41, 5.74) is 0. The fraction of sp³-hybridized carbons (Fsp3) is 0.636. The van der Waals surface area contributed by atoms with Crippen LogP contribution in [0.4, 0.5) is 0 Å². The molecular formula is C11H21N5. The van der Waals surface area contributed by atoms with Crippen molar-refractivity contribution in [1.29, 1.82) is 0 Å². The van der Waals surface area contributed by atoms with E-state index in [2.05, 4.69) is 14.5 Å². The van der Waals surface area contributed by atoms with Gasteiger partial charge in [-0.05, 0) is 6.92 Å². The summed E-state index contributed by atoms with van der Waals surface area (Å²) in [5.74, 6) is 2.02. The molecule has 0 bridgehead atoms. The zero-order valence-electron chi connectivity index (χ0n) is 10.8. The second-order valence-corrected chi connectivity index (χ2v) is 4.14. The molecule has 0 aliphatic rings. The molecule has 0 fully saturated rings. The number of imidazole rings is 1. The third-order valence-electron chi connectivity index (χ3n) is 2.32. The maximum absolute atomic E-state index is 4.56. The Balaban J connectivity index is 2.55. The summed E-state index contributed by atoms with van der Waals surface area (Å²) in [5, 5.41) is 0. The number of hydrogen-bond acceptors (Lipinski definition) is 2. The van der Waals surface area contributed by atoms with Crippen molar-refractivity contribution in [3.63, 3.8) is 0 Å². The van der Waals surface area contributed by atoms with Gasteiger partial charge in [0.1, 0.15) is 5.82 Å². The molecule has 0 saturated heterocycles. The molecule has 1 aromatic heterocycles. The fourth-order valence-electron chi connectivity index (χ4n) is 1.58. The van der Waals surface area contributed by atoms with Crippen LogP contribution in [0.3, 0.4) is 0 Å². The van der Waals surface area contributed by atoms with Gasteiger partial charge in [0.2, 0.25) is 0 Å². The van der Waals surface area contributed by atoms with Crippen LogP contribution in [-0.2, 0) is 6.54 Å². The normalized spacial score (nSPS) is 10.1. The molecular weight excluding hydrogens is 202 g/mol. The number of aliphatic imine (C=N–C) groups is 1. The minimum absolute atomic E-state index is 0.767. The molecule has 0 amide bonds. The lowest BCUT2D eigenvalue weighted by Gasteiger charge is -2.22. The van der Waals surface area contributed by atoms with E-state index in [0.717, 1.165) is 24.9 Å². The summed E-state index contributed by atoms with van der Waals surface area (Å²) in [4.78, 5) is 12.8. The predicted octanol–water partition coefficient (Wildman–Crippen LogP) is 0.671. The van der Waals surface area contributed by atoms with E-state index in [1.165, 1.54) is 0 Å². The molecule has 1 rings (SSSR count). The summed E-state index contributed by atoms with van der Waals surface area (Å²) in [6.45, 7) is 3.64. The van der Waals surface area contributed by atoms with E-state index >= 15 is 0 Å². The summed E-state index contributed by atoms with van der Waals surface area (Å²) >= 11 is 0. The molecule has 0 atom stereocenters. The summed E-state index contributed by atoms with van der Waals surface area (Å²) in [6, 6.07) is 0. The van der Waals surface area contributed by atoms with Gasteiger partial charge in [0.25, 0.3) is 0 Å². The van der Waals surface area contributed by atoms with E-state index in [1.807, 2.05) is 57.3 Å². The average Bonchev–Trinajstić information content (AvgIpc) is 2.57. The Morgan fingerprint density at radius 1 is 1.31 bits per heavy atom. The molecule has 0 N–H and O–H groups in total. The van der Waals surface area contributed by atoms with Crippen molar-refractivity contribution in [2.24, 2.45) is 4.99 Å². The van der Waals surface area contributed by atoms with Crippen molar-refractivity contribution in [3.05, 3.63) is 18.2 Å². The molecule has 0 radical (unpaired) electrons. The van der Waals surface area contributed by atoms with Crippen molar-refractivity contribution in [2.75, 3.05) is 34.7 Å². The van der Waals surface area contributed by atoms with Gasteiger partial charge in [-0.15, -0.1) is 0 Å². The van der Waals surface area contributed by atoms with Gasteiger partial charge in [0.05, 0.1) is 6.54 Å². The largest absolute Gasteiger partial charge is 0.349 e. The minimum atomic E-state index is 0.767. The maximum atomic E-state index is 4.56. The van der Waals surface area contributed by atoms with E-state index in [9.17, 15) is 0 Å². The van der Waals surface area contributed by atoms with Gasteiger partial charge in [-0.25, -0.2) is 4.98 Å². The number of aromatic nitrogens is 2. The highest BCUT2D eigenvalue weighted by Crippen LogP contribution is 1.96. The first-order valence-corrected chi connectivity index (χ1v) is 5.39. The van der Waals surface area contributed by atoms with Crippen LogP contribution in [0.25, 0.3) is 0 Å². The first kappa shape index (κ1) is 12.5. The Bertz CT molecular complexity index is 341. The Kier molecular flexibility index (Phi) is 4.34. The molecule has 0 saturated carbocycles. The molecule has 1 heterocycles. The van der Waals surface area contributed by atoms with Gasteiger partial charge in [-0.2, -0.15) is 0 Å². The van der Waals surface area contributed by atoms with E-state index < -0.39 is 0 Å². The van der Waals surface area contributed by atoms with E-state index in [4.69, 9.17) is 0 Å². The van der Waals surface area contributed by atoms with Crippen LogP contribution >= 0.6 is 0 Å². The molecule has 16 heavy (non-hydrogen) atoms. The number of hydrogen-bond donors (Lipinski definition) is 0. The molecule has 1 aromatic rings. The Morgan fingerprint density at radius 3 is 2.38 bits per heavy atom. The molecule has 5 heteroatoms. The fourth-order valence-corrected chi connectivity index (χ4v) is 1.58. The lowest BCUT2D eigenvalue weighted by molar-refractivity contribution is 0.477. The zero-order valence-corrected chi connectivity index (χ0v) is 10.8. The smallest absolute Gasteiger partial charge is 0.195 e. The molecule has 0 unspecified atom stereocenters. The summed E-state index contributed by atoms with van der Waals surface area (Å²) in [6.07, 6.45) is 3.80. The highest BCUT2D eigenvalue weighted by Gasteiger charge is 2.03. The Hall–Kier alpha value is -1.52. The first-order valence-electron chi connectivity index (χ1n) is 5.39. The van der Waals surface area contributed by atoms with Gasteiger partial charge in [-0.1, -0.05) is 0 Å². The van der Waals surface area contributed by atoms with Gasteiger partial charge in [0.15, 0.2) is 5.96 Å². The summed E-state index contributed by atoms with van der Waals surface area (Å²) < 4.78 is 2.10. The lowest BCUT2D eigenvalue weighted by atomic mass is 10.5. The summed E-state index contributed by atoms with van der Waals surface area (Å²) in [7, 11) is 8.01. The molecule has 0 spiro atoms. The van der Waals surface area contributed by atoms with Gasteiger partial charge >= 0.3 is 0 Å². The highest BCUT2D eigenvalue weighted by molar-refractivity contribution is 5.79. The molecule has 5 nitrogen and oxygen atoms in total. The second-order valence-electron chi connectivity index (χ2n) is 4.14. The van der Waals surface area contributed by atoms with Crippen molar-refractivity contribution in [3.8, 4) is 0 Å². The topological polar surface area (TPSA) is 36.7 Å². The SMILES string of the molecule is Cc1nccn1CCN=C(N(C)C)N(C)C. The third kappa shape index (κ3) is 3.25. The van der Waals surface area contributed by atoms with Crippen LogP contribution in [0.5, 0.6) is 0 Å². The van der Waals surface area contributed by atoms with E-state index in [1.54, 1.807) is 0 Å². The molecule has 0 aromatic carbocycles. The van der Waals surface area contributed by atoms with Gasteiger partial charge in [-0.3, -0.25) is 4.99 Å². The molecule has 0 aliphatic heterocycles. The highest BCUT2D eigenvalue weighted by atomic mass is 15.3. The lowest BCUT2D eigenvalue weighted by Crippen LogP contribution is -2.35. The van der Waals surface area contributed by atoms with Crippen molar-refractivity contribution in [2.45, 2.75) is 13.5 Å². The second kappa shape index (κ2) is 5.53. The molecule has 90 valence electrons. The van der Waals surface area contributed by atoms with Crippen molar-refractivity contribution >= 4 is 5.96 Å². The number of rotatable bonds is 3. The number of nitrogens with zero attached hydrogens (tertiary/aromatic N) is 5. The van der Waals surface area contributed by atoms with Crippen LogP contribution in [0.15, 0.2) is 17.4 Å². The quantitative estimate of drug-likeness (QED) is 0.558. The Labute approximate surface area is 97.4 Å². The van der Waals surface area contributed by atoms with Crippen LogP contribution in [-0.4, -0.2) is 60.0 Å². The number of aryl methyl sites for hydroxylation is 1. The minimum Gasteiger partial charge on any atom is -0.349 e. The van der Waals surface area contributed by atoms with Crippen LogP contribution in [0, 0.1) is 6.92 Å². The zero-order chi connectivity index (χ0) is 12.1. The van der Waals surface area contributed by atoms with Crippen molar-refractivity contribution in [1.82, 2.24) is 19.4 Å². The monoisotopic (exact) mass is 223 g/mol. The maximum Gasteiger partial charge on any atom is 0.195 e. The average molecular weight is 223 g/mol. The van der Waals surface area contributed by atoms with Crippen LogP contribution < -0.4 is 0 Å². The first-order chi connectivity index (χ1) is 7.52. The Morgan fingerprint density at radius 2 is 1.94 bits per heavy atom. The third-order valence-corrected chi connectivity index (χ3v) is 2.32. The van der Waals surface area contributed by atoms with Gasteiger partial charge < -0.3 is 14.4 Å². The van der Waals surface area contributed by atoms with Crippen LogP contribution in [0.1, 0.15) is 5.82 Å². The van der Waals surface area contributed by atoms with E-state index in [0.29, 0.717) is 0 Å². The predicted molar refractivity (Wildman–Crippen MR) is 66.6 cm³/mol.